The minimum absolute atomic E-state index is 0.00678. The monoisotopic (exact) mass is 419 g/mol. The van der Waals surface area contributed by atoms with E-state index in [1.165, 1.54) is 19.2 Å². The van der Waals surface area contributed by atoms with E-state index < -0.39 is 17.8 Å². The molecule has 0 aliphatic heterocycles. The molecule has 0 aliphatic rings. The quantitative estimate of drug-likeness (QED) is 0.399. The largest absolute Gasteiger partial charge is 0.492 e. The Bertz CT molecular complexity index is 764. The van der Waals surface area contributed by atoms with E-state index in [0.717, 1.165) is 12.1 Å². The van der Waals surface area contributed by atoms with Crippen LogP contribution in [0.25, 0.3) is 0 Å². The van der Waals surface area contributed by atoms with Crippen LogP contribution in [-0.2, 0) is 6.18 Å². The third-order valence-electron chi connectivity index (χ3n) is 3.10. The number of likely N-dealkylation sites (N-methyl/N-ethyl adjacent to an activating group) is 1. The Morgan fingerprint density at radius 1 is 1.36 bits per heavy atom. The van der Waals surface area contributed by atoms with Crippen molar-refractivity contribution in [2.45, 2.75) is 13.1 Å². The number of amidine groups is 1. The number of aliphatic imine (C=N–C) groups is 2. The molecule has 2 amide bonds. The summed E-state index contributed by atoms with van der Waals surface area (Å²) in [6, 6.07) is 2.24. The number of benzene rings is 1. The molecule has 0 fully saturated rings. The van der Waals surface area contributed by atoms with Crippen LogP contribution in [0.15, 0.2) is 40.1 Å². The highest BCUT2D eigenvalue weighted by atomic mass is 35.5. The summed E-state index contributed by atoms with van der Waals surface area (Å²) < 4.78 is 44.7. The predicted molar refractivity (Wildman–Crippen MR) is 104 cm³/mol. The number of alkyl halides is 3. The lowest BCUT2D eigenvalue weighted by atomic mass is 10.2. The molecule has 7 nitrogen and oxygen atoms in total. The zero-order valence-electron chi connectivity index (χ0n) is 15.6. The van der Waals surface area contributed by atoms with E-state index in [1.807, 2.05) is 19.0 Å². The van der Waals surface area contributed by atoms with Crippen LogP contribution in [0.1, 0.15) is 12.5 Å². The maximum absolute atomic E-state index is 13.1. The van der Waals surface area contributed by atoms with E-state index in [0.29, 0.717) is 6.54 Å². The smallest absolute Gasteiger partial charge is 0.416 e. The van der Waals surface area contributed by atoms with Gasteiger partial charge in [0.1, 0.15) is 12.4 Å². The summed E-state index contributed by atoms with van der Waals surface area (Å²) in [5.41, 5.74) is -0.728. The minimum Gasteiger partial charge on any atom is -0.492 e. The lowest BCUT2D eigenvalue weighted by Crippen LogP contribution is -2.27. The summed E-state index contributed by atoms with van der Waals surface area (Å²) in [4.78, 5) is 20.9. The number of amides is 2. The van der Waals surface area contributed by atoms with Crippen molar-refractivity contribution < 1.29 is 22.7 Å². The Kier molecular flexibility index (Phi) is 8.93. The van der Waals surface area contributed by atoms with Gasteiger partial charge in [0.25, 0.3) is 0 Å². The molecule has 0 saturated carbocycles. The van der Waals surface area contributed by atoms with Crippen molar-refractivity contribution >= 4 is 35.3 Å². The number of anilines is 1. The molecule has 2 N–H and O–H groups in total. The Morgan fingerprint density at radius 3 is 2.61 bits per heavy atom. The summed E-state index contributed by atoms with van der Waals surface area (Å²) in [5.74, 6) is -0.00678. The van der Waals surface area contributed by atoms with Gasteiger partial charge in [-0.2, -0.15) is 13.2 Å². The third kappa shape index (κ3) is 8.87. The van der Waals surface area contributed by atoms with Gasteiger partial charge >= 0.3 is 12.2 Å². The van der Waals surface area contributed by atoms with Crippen LogP contribution < -0.4 is 15.4 Å². The van der Waals surface area contributed by atoms with Crippen molar-refractivity contribution in [3.05, 3.63) is 35.7 Å². The molecule has 1 aromatic carbocycles. The molecule has 0 spiro atoms. The second-order valence-corrected chi connectivity index (χ2v) is 6.18. The van der Waals surface area contributed by atoms with Gasteiger partial charge in [-0.25, -0.2) is 14.8 Å². The lowest BCUT2D eigenvalue weighted by molar-refractivity contribution is -0.137. The fourth-order valence-electron chi connectivity index (χ4n) is 1.83. The van der Waals surface area contributed by atoms with Crippen molar-refractivity contribution in [3.8, 4) is 5.75 Å². The number of hydrogen-bond acceptors (Lipinski definition) is 4. The first-order valence-electron chi connectivity index (χ1n) is 7.96. The molecule has 0 aromatic heterocycles. The molecule has 28 heavy (non-hydrogen) atoms. The zero-order valence-corrected chi connectivity index (χ0v) is 16.4. The number of nitrogens with one attached hydrogen (secondary N) is 2. The topological polar surface area (TPSA) is 78.3 Å². The number of rotatable bonds is 7. The summed E-state index contributed by atoms with van der Waals surface area (Å²) in [6.07, 6.45) is -3.37. The van der Waals surface area contributed by atoms with Crippen molar-refractivity contribution in [3.63, 3.8) is 0 Å². The average Bonchev–Trinajstić information content (AvgIpc) is 2.58. The molecule has 0 saturated heterocycles. The molecular formula is C17H21ClF3N5O2. The van der Waals surface area contributed by atoms with Gasteiger partial charge < -0.3 is 20.3 Å². The summed E-state index contributed by atoms with van der Waals surface area (Å²) in [5, 5.41) is 4.60. The minimum atomic E-state index is -4.59. The number of halogens is 4. The molecule has 0 bridgehead atoms. The van der Waals surface area contributed by atoms with E-state index in [4.69, 9.17) is 16.3 Å². The normalized spacial score (nSPS) is 12.7. The van der Waals surface area contributed by atoms with Gasteiger partial charge in [-0.1, -0.05) is 0 Å². The van der Waals surface area contributed by atoms with E-state index in [1.54, 1.807) is 0 Å². The van der Waals surface area contributed by atoms with Crippen molar-refractivity contribution in [1.29, 1.82) is 0 Å². The van der Waals surface area contributed by atoms with Crippen molar-refractivity contribution in [1.82, 2.24) is 10.2 Å². The number of urea groups is 1. The van der Waals surface area contributed by atoms with Crippen LogP contribution in [-0.4, -0.2) is 50.2 Å². The average molecular weight is 420 g/mol. The summed E-state index contributed by atoms with van der Waals surface area (Å²) in [7, 11) is 3.62. The van der Waals surface area contributed by atoms with Crippen LogP contribution >= 0.6 is 11.6 Å². The molecule has 0 radical (unpaired) electrons. The first-order valence-corrected chi connectivity index (χ1v) is 8.33. The van der Waals surface area contributed by atoms with Crippen LogP contribution in [0.4, 0.5) is 23.7 Å². The maximum atomic E-state index is 13.1. The Hall–Kier alpha value is -2.59. The van der Waals surface area contributed by atoms with E-state index in [2.05, 4.69) is 27.3 Å². The standard InChI is InChI=1S/C17H21ClF3N5O2/c1-11(10-23-15(18)22-2)24-16(27)25-13-7-12(17(19,20)21)8-14(9-13)28-6-5-26(3)4/h7-10H,2,5-6H2,1,3-4H3,(H2,24,25,27)/b11-10+,23-15?. The van der Waals surface area contributed by atoms with Crippen LogP contribution in [0.2, 0.25) is 0 Å². The number of carbonyl (C=O) groups excluding carboxylic acids is 1. The third-order valence-corrected chi connectivity index (χ3v) is 3.32. The number of nitrogens with zero attached hydrogens (tertiary/aromatic N) is 3. The summed E-state index contributed by atoms with van der Waals surface area (Å²) >= 11 is 5.54. The molecule has 1 aromatic rings. The Morgan fingerprint density at radius 2 is 2.04 bits per heavy atom. The lowest BCUT2D eigenvalue weighted by Gasteiger charge is -2.15. The van der Waals surface area contributed by atoms with Crippen LogP contribution in [0.3, 0.4) is 0 Å². The Labute approximate surface area is 165 Å². The maximum Gasteiger partial charge on any atom is 0.416 e. The van der Waals surface area contributed by atoms with Gasteiger partial charge in [0.05, 0.1) is 5.56 Å². The first kappa shape index (κ1) is 23.4. The van der Waals surface area contributed by atoms with Gasteiger partial charge in [-0.05, 0) is 51.5 Å². The highest BCUT2D eigenvalue weighted by molar-refractivity contribution is 6.65. The number of ether oxygens (including phenoxy) is 1. The van der Waals surface area contributed by atoms with E-state index in [-0.39, 0.29) is 29.0 Å². The zero-order chi connectivity index (χ0) is 21.3. The Balaban J connectivity index is 2.92. The number of allylic oxidation sites excluding steroid dienone is 1. The number of hydrogen-bond donors (Lipinski definition) is 2. The molecule has 0 aliphatic carbocycles. The molecule has 1 rings (SSSR count). The fraction of sp³-hybridized carbons (Fsp3) is 0.353. The van der Waals surface area contributed by atoms with Gasteiger partial charge in [-0.3, -0.25) is 0 Å². The van der Waals surface area contributed by atoms with Gasteiger partial charge in [-0.15, -0.1) is 0 Å². The molecule has 11 heteroatoms. The first-order chi connectivity index (χ1) is 13.0. The molecule has 0 unspecified atom stereocenters. The van der Waals surface area contributed by atoms with Gasteiger partial charge in [0.15, 0.2) is 0 Å². The van der Waals surface area contributed by atoms with Crippen molar-refractivity contribution in [2.75, 3.05) is 32.6 Å². The highest BCUT2D eigenvalue weighted by Gasteiger charge is 2.31. The SMILES string of the molecule is C=NC(Cl)=N/C=C(\C)NC(=O)Nc1cc(OCCN(C)C)cc(C(F)(F)F)c1. The molecule has 154 valence electrons. The fourth-order valence-corrected chi connectivity index (χ4v) is 1.88. The highest BCUT2D eigenvalue weighted by Crippen LogP contribution is 2.34. The van der Waals surface area contributed by atoms with Gasteiger partial charge in [0, 0.05) is 30.2 Å². The van der Waals surface area contributed by atoms with Gasteiger partial charge in [0.2, 0.25) is 5.29 Å². The molecule has 0 atom stereocenters. The van der Waals surface area contributed by atoms with Crippen LogP contribution in [0.5, 0.6) is 5.75 Å². The summed E-state index contributed by atoms with van der Waals surface area (Å²) in [6.45, 7) is 5.40. The second kappa shape index (κ2) is 10.7. The predicted octanol–water partition coefficient (Wildman–Crippen LogP) is 3.92. The van der Waals surface area contributed by atoms with E-state index >= 15 is 0 Å². The molecule has 0 heterocycles. The second-order valence-electron chi connectivity index (χ2n) is 5.84. The van der Waals surface area contributed by atoms with Crippen LogP contribution in [0, 0.1) is 0 Å². The number of carbonyl (C=O) groups is 1. The van der Waals surface area contributed by atoms with Crippen molar-refractivity contribution in [2.24, 2.45) is 9.98 Å². The molecular weight excluding hydrogens is 399 g/mol. The van der Waals surface area contributed by atoms with E-state index in [9.17, 15) is 18.0 Å².